The Bertz CT molecular complexity index is 1240. The van der Waals surface area contributed by atoms with Gasteiger partial charge in [0.15, 0.2) is 6.10 Å². The Labute approximate surface area is 200 Å². The highest BCUT2D eigenvalue weighted by Crippen LogP contribution is 2.30. The predicted octanol–water partition coefficient (Wildman–Crippen LogP) is 5.82. The fourth-order valence-corrected chi connectivity index (χ4v) is 3.60. The van der Waals surface area contributed by atoms with E-state index in [4.69, 9.17) is 19.2 Å². The third-order valence-electron chi connectivity index (χ3n) is 5.13. The molecule has 0 saturated heterocycles. The second-order valence-electron chi connectivity index (χ2n) is 9.02. The maximum atomic E-state index is 12.1. The van der Waals surface area contributed by atoms with Crippen LogP contribution in [0.3, 0.4) is 0 Å². The molecule has 0 saturated carbocycles. The number of nitrogens with zero attached hydrogens (tertiary/aromatic N) is 2. The van der Waals surface area contributed by atoms with Crippen molar-refractivity contribution in [3.63, 3.8) is 0 Å². The minimum atomic E-state index is -0.654. The maximum absolute atomic E-state index is 12.1. The minimum absolute atomic E-state index is 0.270. The van der Waals surface area contributed by atoms with Gasteiger partial charge in [0.2, 0.25) is 0 Å². The van der Waals surface area contributed by atoms with Crippen LogP contribution in [0.1, 0.15) is 27.7 Å². The van der Waals surface area contributed by atoms with Crippen molar-refractivity contribution in [1.82, 2.24) is 9.55 Å². The van der Waals surface area contributed by atoms with E-state index in [1.165, 1.54) is 0 Å². The van der Waals surface area contributed by atoms with E-state index < -0.39 is 11.7 Å². The molecule has 0 aliphatic heterocycles. The molecular formula is C28H30N2O4. The third-order valence-corrected chi connectivity index (χ3v) is 5.13. The van der Waals surface area contributed by atoms with Gasteiger partial charge in [-0.05, 0) is 52.0 Å². The Hall–Kier alpha value is -3.64. The highest BCUT2D eigenvalue weighted by atomic mass is 16.6. The zero-order chi connectivity index (χ0) is 24.1. The number of carbonyl (C=O) groups is 1. The molecule has 4 aromatic rings. The second kappa shape index (κ2) is 10.1. The molecule has 0 spiro atoms. The van der Waals surface area contributed by atoms with Gasteiger partial charge in [0.1, 0.15) is 23.8 Å². The molecule has 34 heavy (non-hydrogen) atoms. The van der Waals surface area contributed by atoms with E-state index in [1.54, 1.807) is 6.92 Å². The van der Waals surface area contributed by atoms with Crippen LogP contribution in [-0.2, 0) is 14.3 Å². The SMILES string of the molecule is CC(OCCOc1ccc2nc(-c3ccccc3)n(-c3ccccc3)c2c1)C(=O)OC(C)(C)C. The van der Waals surface area contributed by atoms with Crippen molar-refractivity contribution < 1.29 is 19.0 Å². The molecule has 1 unspecified atom stereocenters. The minimum Gasteiger partial charge on any atom is -0.491 e. The molecule has 4 rings (SSSR count). The number of aromatic nitrogens is 2. The first-order chi connectivity index (χ1) is 16.3. The third kappa shape index (κ3) is 5.64. The Morgan fingerprint density at radius 2 is 1.62 bits per heavy atom. The molecule has 6 nitrogen and oxygen atoms in total. The van der Waals surface area contributed by atoms with Crippen LogP contribution in [0.5, 0.6) is 5.75 Å². The van der Waals surface area contributed by atoms with Crippen molar-refractivity contribution in [1.29, 1.82) is 0 Å². The number of para-hydroxylation sites is 1. The van der Waals surface area contributed by atoms with E-state index in [0.717, 1.165) is 28.1 Å². The zero-order valence-corrected chi connectivity index (χ0v) is 20.0. The molecule has 1 aromatic heterocycles. The van der Waals surface area contributed by atoms with Crippen LogP contribution in [0.15, 0.2) is 78.9 Å². The van der Waals surface area contributed by atoms with Crippen LogP contribution in [0.4, 0.5) is 0 Å². The second-order valence-corrected chi connectivity index (χ2v) is 9.02. The average molecular weight is 459 g/mol. The number of rotatable bonds is 8. The van der Waals surface area contributed by atoms with Crippen molar-refractivity contribution in [2.45, 2.75) is 39.4 Å². The zero-order valence-electron chi connectivity index (χ0n) is 20.0. The maximum Gasteiger partial charge on any atom is 0.335 e. The number of imidazole rings is 1. The van der Waals surface area contributed by atoms with E-state index in [0.29, 0.717) is 12.4 Å². The van der Waals surface area contributed by atoms with Crippen LogP contribution in [0.2, 0.25) is 0 Å². The lowest BCUT2D eigenvalue weighted by atomic mass is 10.2. The number of hydrogen-bond acceptors (Lipinski definition) is 5. The van der Waals surface area contributed by atoms with E-state index in [2.05, 4.69) is 28.8 Å². The number of ether oxygens (including phenoxy) is 3. The van der Waals surface area contributed by atoms with Crippen LogP contribution in [0.25, 0.3) is 28.1 Å². The molecule has 176 valence electrons. The van der Waals surface area contributed by atoms with Crippen molar-refractivity contribution in [2.24, 2.45) is 0 Å². The van der Waals surface area contributed by atoms with Gasteiger partial charge in [0, 0.05) is 17.3 Å². The van der Waals surface area contributed by atoms with Gasteiger partial charge < -0.3 is 14.2 Å². The summed E-state index contributed by atoms with van der Waals surface area (Å²) in [5.74, 6) is 1.19. The predicted molar refractivity (Wildman–Crippen MR) is 133 cm³/mol. The number of esters is 1. The number of fused-ring (bicyclic) bond motifs is 1. The van der Waals surface area contributed by atoms with Crippen molar-refractivity contribution >= 4 is 17.0 Å². The first-order valence-electron chi connectivity index (χ1n) is 11.4. The van der Waals surface area contributed by atoms with E-state index in [1.807, 2.05) is 75.4 Å². The van der Waals surface area contributed by atoms with Crippen LogP contribution in [-0.4, -0.2) is 40.4 Å². The van der Waals surface area contributed by atoms with Gasteiger partial charge in [-0.2, -0.15) is 0 Å². The van der Waals surface area contributed by atoms with Gasteiger partial charge in [-0.3, -0.25) is 4.57 Å². The molecule has 0 aliphatic rings. The Morgan fingerprint density at radius 1 is 0.941 bits per heavy atom. The largest absolute Gasteiger partial charge is 0.491 e. The lowest BCUT2D eigenvalue weighted by Crippen LogP contribution is -2.32. The molecular weight excluding hydrogens is 428 g/mol. The standard InChI is InChI=1S/C28H30N2O4/c1-20(27(31)34-28(2,3)4)32-17-18-33-23-15-16-24-25(19-23)30(22-13-9-6-10-14-22)26(29-24)21-11-7-5-8-12-21/h5-16,19-20H,17-18H2,1-4H3. The molecule has 0 fully saturated rings. The van der Waals surface area contributed by atoms with Crippen molar-refractivity contribution in [3.8, 4) is 22.8 Å². The van der Waals surface area contributed by atoms with Gasteiger partial charge in [-0.25, -0.2) is 9.78 Å². The summed E-state index contributed by atoms with van der Waals surface area (Å²) in [6, 6.07) is 26.1. The van der Waals surface area contributed by atoms with Crippen LogP contribution < -0.4 is 4.74 Å². The van der Waals surface area contributed by atoms with E-state index in [9.17, 15) is 4.79 Å². The van der Waals surface area contributed by atoms with Crippen LogP contribution >= 0.6 is 0 Å². The van der Waals surface area contributed by atoms with E-state index >= 15 is 0 Å². The monoisotopic (exact) mass is 458 g/mol. The Morgan fingerprint density at radius 3 is 2.29 bits per heavy atom. The molecule has 0 radical (unpaired) electrons. The quantitative estimate of drug-likeness (QED) is 0.246. The summed E-state index contributed by atoms with van der Waals surface area (Å²) >= 11 is 0. The first-order valence-corrected chi connectivity index (χ1v) is 11.4. The van der Waals surface area contributed by atoms with Gasteiger partial charge in [-0.15, -0.1) is 0 Å². The van der Waals surface area contributed by atoms with Gasteiger partial charge in [0.25, 0.3) is 0 Å². The Kier molecular flexibility index (Phi) is 6.98. The summed E-state index contributed by atoms with van der Waals surface area (Å²) in [5, 5.41) is 0. The molecule has 3 aromatic carbocycles. The van der Waals surface area contributed by atoms with Gasteiger partial charge >= 0.3 is 5.97 Å². The highest BCUT2D eigenvalue weighted by Gasteiger charge is 2.22. The fraction of sp³-hybridized carbons (Fsp3) is 0.286. The first kappa shape index (κ1) is 23.5. The summed E-state index contributed by atoms with van der Waals surface area (Å²) in [6.45, 7) is 7.76. The molecule has 0 aliphatic carbocycles. The highest BCUT2D eigenvalue weighted by molar-refractivity contribution is 5.84. The normalized spacial score (nSPS) is 12.5. The smallest absolute Gasteiger partial charge is 0.335 e. The average Bonchev–Trinajstić information content (AvgIpc) is 3.20. The number of carbonyl (C=O) groups excluding carboxylic acids is 1. The van der Waals surface area contributed by atoms with Gasteiger partial charge in [0.05, 0.1) is 17.6 Å². The lowest BCUT2D eigenvalue weighted by Gasteiger charge is -2.22. The summed E-state index contributed by atoms with van der Waals surface area (Å²) in [6.07, 6.45) is -0.654. The van der Waals surface area contributed by atoms with Crippen LogP contribution in [0, 0.1) is 0 Å². The van der Waals surface area contributed by atoms with Crippen molar-refractivity contribution in [3.05, 3.63) is 78.9 Å². The summed E-state index contributed by atoms with van der Waals surface area (Å²) in [4.78, 5) is 17.0. The van der Waals surface area contributed by atoms with E-state index in [-0.39, 0.29) is 12.6 Å². The molecule has 1 atom stereocenters. The molecule has 6 heteroatoms. The topological polar surface area (TPSA) is 62.6 Å². The molecule has 0 bridgehead atoms. The number of hydrogen-bond donors (Lipinski definition) is 0. The summed E-state index contributed by atoms with van der Waals surface area (Å²) < 4.78 is 19.0. The summed E-state index contributed by atoms with van der Waals surface area (Å²) in [5.41, 5.74) is 3.35. The molecule has 0 N–H and O–H groups in total. The lowest BCUT2D eigenvalue weighted by molar-refractivity contribution is -0.167. The number of benzene rings is 3. The molecule has 1 heterocycles. The van der Waals surface area contributed by atoms with Gasteiger partial charge in [-0.1, -0.05) is 48.5 Å². The Balaban J connectivity index is 1.52. The molecule has 0 amide bonds. The van der Waals surface area contributed by atoms with Crippen molar-refractivity contribution in [2.75, 3.05) is 13.2 Å². The fourth-order valence-electron chi connectivity index (χ4n) is 3.60. The summed E-state index contributed by atoms with van der Waals surface area (Å²) in [7, 11) is 0.